The Hall–Kier alpha value is -0.590. The second-order valence-electron chi connectivity index (χ2n) is 3.32. The Morgan fingerprint density at radius 2 is 2.13 bits per heavy atom. The van der Waals surface area contributed by atoms with Crippen LogP contribution in [0.15, 0.2) is 12.1 Å². The molecule has 3 N–H and O–H groups in total. The van der Waals surface area contributed by atoms with Crippen LogP contribution in [0.1, 0.15) is 28.6 Å². The maximum Gasteiger partial charge on any atom is 0.389 e. The first-order chi connectivity index (χ1) is 6.92. The second-order valence-corrected chi connectivity index (χ2v) is 4.64. The molecule has 2 nitrogen and oxygen atoms in total. The van der Waals surface area contributed by atoms with E-state index in [0.29, 0.717) is 0 Å². The summed E-state index contributed by atoms with van der Waals surface area (Å²) in [6.07, 6.45) is -4.97. The zero-order chi connectivity index (χ0) is 11.5. The zero-order valence-electron chi connectivity index (χ0n) is 8.27. The van der Waals surface area contributed by atoms with Gasteiger partial charge in [0.15, 0.2) is 0 Å². The van der Waals surface area contributed by atoms with Gasteiger partial charge in [0.25, 0.3) is 0 Å². The van der Waals surface area contributed by atoms with Gasteiger partial charge < -0.3 is 0 Å². The number of nitrogens with one attached hydrogen (secondary N) is 1. The molecule has 1 unspecified atom stereocenters. The Balaban J connectivity index is 2.57. The van der Waals surface area contributed by atoms with Gasteiger partial charge in [-0.25, -0.2) is 0 Å². The predicted molar refractivity (Wildman–Crippen MR) is 54.4 cm³/mol. The molecule has 0 bridgehead atoms. The minimum atomic E-state index is -4.12. The third-order valence-electron chi connectivity index (χ3n) is 2.02. The first-order valence-corrected chi connectivity index (χ1v) is 5.33. The lowest BCUT2D eigenvalue weighted by Crippen LogP contribution is -2.28. The van der Waals surface area contributed by atoms with E-state index in [-0.39, 0.29) is 6.42 Å². The van der Waals surface area contributed by atoms with Crippen LogP contribution in [0, 0.1) is 6.92 Å². The van der Waals surface area contributed by atoms with Crippen molar-refractivity contribution >= 4 is 11.3 Å². The third kappa shape index (κ3) is 4.19. The van der Waals surface area contributed by atoms with Crippen LogP contribution >= 0.6 is 11.3 Å². The number of alkyl halides is 3. The van der Waals surface area contributed by atoms with Crippen LogP contribution in [-0.4, -0.2) is 6.18 Å². The van der Waals surface area contributed by atoms with Gasteiger partial charge in [0, 0.05) is 16.2 Å². The van der Waals surface area contributed by atoms with Crippen LogP contribution in [0.5, 0.6) is 0 Å². The highest BCUT2D eigenvalue weighted by Gasteiger charge is 2.28. The topological polar surface area (TPSA) is 38.0 Å². The number of nitrogens with two attached hydrogens (primary N) is 1. The van der Waals surface area contributed by atoms with Gasteiger partial charge >= 0.3 is 6.18 Å². The van der Waals surface area contributed by atoms with Gasteiger partial charge in [0.2, 0.25) is 0 Å². The molecular formula is C9H13F3N2S. The van der Waals surface area contributed by atoms with E-state index >= 15 is 0 Å². The molecule has 0 spiro atoms. The molecule has 0 aromatic carbocycles. The molecule has 1 aromatic heterocycles. The van der Waals surface area contributed by atoms with E-state index in [0.717, 1.165) is 9.75 Å². The van der Waals surface area contributed by atoms with Crippen molar-refractivity contribution in [3.63, 3.8) is 0 Å². The molecule has 15 heavy (non-hydrogen) atoms. The molecule has 0 fully saturated rings. The molecule has 1 rings (SSSR count). The number of hydrogen-bond donors (Lipinski definition) is 2. The van der Waals surface area contributed by atoms with E-state index in [4.69, 9.17) is 5.84 Å². The highest BCUT2D eigenvalue weighted by atomic mass is 32.1. The Bertz CT molecular complexity index is 309. The fraction of sp³-hybridized carbons (Fsp3) is 0.556. The molecule has 0 aliphatic carbocycles. The molecule has 0 aliphatic heterocycles. The van der Waals surface area contributed by atoms with E-state index in [2.05, 4.69) is 5.43 Å². The lowest BCUT2D eigenvalue weighted by molar-refractivity contribution is -0.136. The Morgan fingerprint density at radius 1 is 1.47 bits per heavy atom. The van der Waals surface area contributed by atoms with Gasteiger partial charge in [-0.05, 0) is 25.5 Å². The van der Waals surface area contributed by atoms with Crippen LogP contribution in [-0.2, 0) is 0 Å². The molecule has 1 aromatic rings. The summed E-state index contributed by atoms with van der Waals surface area (Å²) in [6.45, 7) is 1.91. The minimum absolute atomic E-state index is 0.0278. The fourth-order valence-electron chi connectivity index (χ4n) is 1.26. The zero-order valence-corrected chi connectivity index (χ0v) is 9.08. The lowest BCUT2D eigenvalue weighted by Gasteiger charge is -2.15. The maximum absolute atomic E-state index is 12.0. The van der Waals surface area contributed by atoms with E-state index < -0.39 is 18.6 Å². The van der Waals surface area contributed by atoms with Crippen molar-refractivity contribution in [1.82, 2.24) is 5.43 Å². The van der Waals surface area contributed by atoms with Crippen molar-refractivity contribution in [3.05, 3.63) is 21.9 Å². The van der Waals surface area contributed by atoms with Gasteiger partial charge in [-0.15, -0.1) is 11.3 Å². The summed E-state index contributed by atoms with van der Waals surface area (Å²) < 4.78 is 36.0. The quantitative estimate of drug-likeness (QED) is 0.625. The maximum atomic E-state index is 12.0. The Labute approximate surface area is 90.3 Å². The molecule has 6 heteroatoms. The van der Waals surface area contributed by atoms with Crippen molar-refractivity contribution in [1.29, 1.82) is 0 Å². The molecule has 0 saturated heterocycles. The van der Waals surface area contributed by atoms with Gasteiger partial charge in [-0.3, -0.25) is 11.3 Å². The fourth-order valence-corrected chi connectivity index (χ4v) is 2.23. The molecular weight excluding hydrogens is 225 g/mol. The summed E-state index contributed by atoms with van der Waals surface area (Å²) in [5.74, 6) is 5.23. The summed E-state index contributed by atoms with van der Waals surface area (Å²) in [5.41, 5.74) is 2.41. The Morgan fingerprint density at radius 3 is 2.53 bits per heavy atom. The monoisotopic (exact) mass is 238 g/mol. The normalized spacial score (nSPS) is 14.2. The predicted octanol–water partition coefficient (Wildman–Crippen LogP) is 2.90. The number of hydrogen-bond acceptors (Lipinski definition) is 3. The van der Waals surface area contributed by atoms with Gasteiger partial charge in [0.1, 0.15) is 0 Å². The molecule has 0 saturated carbocycles. The van der Waals surface area contributed by atoms with Crippen LogP contribution in [0.2, 0.25) is 0 Å². The standard InChI is InChI=1S/C9H13F3N2S/c1-6-2-3-8(15-6)7(14-13)4-5-9(10,11)12/h2-3,7,14H,4-5,13H2,1H3. The van der Waals surface area contributed by atoms with Crippen molar-refractivity contribution in [2.24, 2.45) is 5.84 Å². The van der Waals surface area contributed by atoms with Crippen molar-refractivity contribution in [3.8, 4) is 0 Å². The van der Waals surface area contributed by atoms with Crippen LogP contribution < -0.4 is 11.3 Å². The van der Waals surface area contributed by atoms with E-state index in [9.17, 15) is 13.2 Å². The first-order valence-electron chi connectivity index (χ1n) is 4.51. The average Bonchev–Trinajstić information content (AvgIpc) is 2.51. The number of halogens is 3. The highest BCUT2D eigenvalue weighted by Crippen LogP contribution is 2.30. The first kappa shape index (κ1) is 12.5. The number of thiophene rings is 1. The molecule has 0 aliphatic rings. The molecule has 1 heterocycles. The van der Waals surface area contributed by atoms with Gasteiger partial charge in [-0.1, -0.05) is 0 Å². The Kier molecular flexibility index (Phi) is 4.12. The van der Waals surface area contributed by atoms with E-state index in [1.54, 1.807) is 6.07 Å². The van der Waals surface area contributed by atoms with Crippen molar-refractivity contribution in [2.75, 3.05) is 0 Å². The summed E-state index contributed by atoms with van der Waals surface area (Å²) >= 11 is 1.46. The highest BCUT2D eigenvalue weighted by molar-refractivity contribution is 7.12. The summed E-state index contributed by atoms with van der Waals surface area (Å²) in [6, 6.07) is 3.27. The van der Waals surface area contributed by atoms with Crippen molar-refractivity contribution < 1.29 is 13.2 Å². The smallest absolute Gasteiger partial charge is 0.271 e. The summed E-state index contributed by atoms with van der Waals surface area (Å²) in [4.78, 5) is 1.91. The lowest BCUT2D eigenvalue weighted by atomic mass is 10.1. The summed E-state index contributed by atoms with van der Waals surface area (Å²) in [5, 5.41) is 0. The second kappa shape index (κ2) is 4.96. The molecule has 86 valence electrons. The SMILES string of the molecule is Cc1ccc(C(CCC(F)(F)F)NN)s1. The van der Waals surface area contributed by atoms with Crippen LogP contribution in [0.25, 0.3) is 0 Å². The summed E-state index contributed by atoms with van der Waals surface area (Å²) in [7, 11) is 0. The van der Waals surface area contributed by atoms with Gasteiger partial charge in [0.05, 0.1) is 6.04 Å². The van der Waals surface area contributed by atoms with E-state index in [1.807, 2.05) is 13.0 Å². The largest absolute Gasteiger partial charge is 0.389 e. The molecule has 1 atom stereocenters. The van der Waals surface area contributed by atoms with Gasteiger partial charge in [-0.2, -0.15) is 13.2 Å². The minimum Gasteiger partial charge on any atom is -0.271 e. The van der Waals surface area contributed by atoms with Crippen LogP contribution in [0.4, 0.5) is 13.2 Å². The molecule has 0 amide bonds. The number of rotatable bonds is 4. The van der Waals surface area contributed by atoms with E-state index in [1.165, 1.54) is 11.3 Å². The third-order valence-corrected chi connectivity index (χ3v) is 3.14. The molecule has 0 radical (unpaired) electrons. The van der Waals surface area contributed by atoms with Crippen LogP contribution in [0.3, 0.4) is 0 Å². The average molecular weight is 238 g/mol. The number of hydrazine groups is 1. The number of aryl methyl sites for hydroxylation is 1. The van der Waals surface area contributed by atoms with Crippen molar-refractivity contribution in [2.45, 2.75) is 32.0 Å².